The zero-order valence-corrected chi connectivity index (χ0v) is 21.1. The molecule has 1 aromatic heterocycles. The largest absolute Gasteiger partial charge is 0.494 e. The summed E-state index contributed by atoms with van der Waals surface area (Å²) in [6, 6.07) is 10.7. The molecule has 3 aliphatic heterocycles. The molecule has 192 valence electrons. The fourth-order valence-electron chi connectivity index (χ4n) is 6.36. The number of methoxy groups -OCH3 is 1. The Balaban J connectivity index is 1.11. The van der Waals surface area contributed by atoms with Gasteiger partial charge in [0.25, 0.3) is 0 Å². The molecular formula is C29H32N4O4. The number of carbonyl (C=O) groups is 1. The first-order chi connectivity index (χ1) is 18.1. The number of morpholine rings is 1. The number of likely N-dealkylation sites (tertiary alicyclic amines) is 1. The summed E-state index contributed by atoms with van der Waals surface area (Å²) in [5.74, 6) is 0.0849. The topological polar surface area (TPSA) is 90.4 Å². The third-order valence-electron chi connectivity index (χ3n) is 8.45. The zero-order chi connectivity index (χ0) is 25.1. The molecule has 37 heavy (non-hydrogen) atoms. The lowest BCUT2D eigenvalue weighted by molar-refractivity contribution is 0.0318. The van der Waals surface area contributed by atoms with Gasteiger partial charge in [0.2, 0.25) is 0 Å². The zero-order valence-electron chi connectivity index (χ0n) is 21.1. The lowest BCUT2D eigenvalue weighted by Gasteiger charge is -2.29. The van der Waals surface area contributed by atoms with Gasteiger partial charge in [-0.15, -0.1) is 0 Å². The van der Waals surface area contributed by atoms with E-state index in [2.05, 4.69) is 33.0 Å². The number of esters is 1. The molecule has 7 rings (SSSR count). The van der Waals surface area contributed by atoms with Gasteiger partial charge in [-0.2, -0.15) is 0 Å². The summed E-state index contributed by atoms with van der Waals surface area (Å²) < 4.78 is 10.7. The number of anilines is 1. The highest BCUT2D eigenvalue weighted by Crippen LogP contribution is 2.45. The van der Waals surface area contributed by atoms with Gasteiger partial charge in [0.1, 0.15) is 0 Å². The van der Waals surface area contributed by atoms with Crippen LogP contribution in [0.1, 0.15) is 52.2 Å². The Morgan fingerprint density at radius 3 is 2.92 bits per heavy atom. The van der Waals surface area contributed by atoms with Gasteiger partial charge >= 0.3 is 5.97 Å². The van der Waals surface area contributed by atoms with Crippen LogP contribution in [-0.4, -0.2) is 79.2 Å². The molecule has 8 nitrogen and oxygen atoms in total. The molecule has 0 spiro atoms. The summed E-state index contributed by atoms with van der Waals surface area (Å²) in [5.41, 5.74) is 6.47. The Hall–Kier alpha value is -3.36. The number of aromatic hydroxyl groups is 1. The second-order valence-electron chi connectivity index (χ2n) is 10.8. The number of hydrogen-bond acceptors (Lipinski definition) is 7. The van der Waals surface area contributed by atoms with Crippen molar-refractivity contribution in [2.75, 3.05) is 44.8 Å². The molecule has 1 saturated carbocycles. The van der Waals surface area contributed by atoms with Gasteiger partial charge in [-0.3, -0.25) is 9.89 Å². The van der Waals surface area contributed by atoms with Crippen LogP contribution in [0.3, 0.4) is 0 Å². The van der Waals surface area contributed by atoms with E-state index in [0.717, 1.165) is 74.2 Å². The van der Waals surface area contributed by atoms with Gasteiger partial charge in [-0.05, 0) is 73.1 Å². The molecule has 0 radical (unpaired) electrons. The molecule has 3 aromatic rings. The molecule has 2 bridgehead atoms. The van der Waals surface area contributed by atoms with Crippen molar-refractivity contribution in [3.63, 3.8) is 0 Å². The number of rotatable bonds is 7. The van der Waals surface area contributed by atoms with E-state index in [-0.39, 0.29) is 11.8 Å². The summed E-state index contributed by atoms with van der Waals surface area (Å²) >= 11 is 0. The number of ether oxygens (including phenoxy) is 2. The minimum absolute atomic E-state index is 0.0658. The van der Waals surface area contributed by atoms with Crippen molar-refractivity contribution in [3.8, 4) is 5.88 Å². The monoisotopic (exact) mass is 500 g/mol. The van der Waals surface area contributed by atoms with Gasteiger partial charge in [0, 0.05) is 49.5 Å². The molecule has 2 aromatic carbocycles. The molecule has 2 atom stereocenters. The van der Waals surface area contributed by atoms with Crippen LogP contribution in [0.15, 0.2) is 35.3 Å². The Labute approximate surface area is 215 Å². The van der Waals surface area contributed by atoms with Gasteiger partial charge < -0.3 is 24.5 Å². The van der Waals surface area contributed by atoms with Crippen LogP contribution >= 0.6 is 0 Å². The third kappa shape index (κ3) is 4.08. The fraction of sp³-hybridized carbons (Fsp3) is 0.448. The van der Waals surface area contributed by atoms with Crippen LogP contribution in [0.4, 0.5) is 11.4 Å². The number of fused-ring (bicyclic) bond motifs is 4. The van der Waals surface area contributed by atoms with E-state index in [4.69, 9.17) is 14.5 Å². The van der Waals surface area contributed by atoms with Crippen molar-refractivity contribution in [2.24, 2.45) is 4.99 Å². The van der Waals surface area contributed by atoms with E-state index >= 15 is 0 Å². The van der Waals surface area contributed by atoms with Crippen LogP contribution in [0.2, 0.25) is 0 Å². The number of hydrogen-bond donors (Lipinski definition) is 2. The molecule has 0 amide bonds. The highest BCUT2D eigenvalue weighted by atomic mass is 16.5. The molecule has 2 saturated heterocycles. The quantitative estimate of drug-likeness (QED) is 0.375. The van der Waals surface area contributed by atoms with Crippen molar-refractivity contribution in [3.05, 3.63) is 52.6 Å². The van der Waals surface area contributed by atoms with Crippen molar-refractivity contribution in [1.82, 2.24) is 9.88 Å². The molecule has 8 heteroatoms. The number of nitrogens with zero attached hydrogens (tertiary/aromatic N) is 3. The van der Waals surface area contributed by atoms with Crippen LogP contribution < -0.4 is 4.90 Å². The third-order valence-corrected chi connectivity index (χ3v) is 8.45. The highest BCUT2D eigenvalue weighted by molar-refractivity contribution is 6.07. The standard InChI is InChI=1S/C29H32N4O4/c1-36-29(35)19-11-23(17-2-3-17)27-24(28(34)31-25(27)12-19)14-30-20-4-5-26-18(10-20)6-7-32(26)8-9-33-15-22-13-21(33)16-37-22/h4-5,10-12,14,17,21-22,31,34H,2-3,6-9,13,15-16H2,1H3/t21-,22-/m1/s1. The fourth-order valence-corrected chi connectivity index (χ4v) is 6.36. The number of H-pyrrole nitrogens is 1. The number of benzene rings is 2. The van der Waals surface area contributed by atoms with Crippen molar-refractivity contribution in [2.45, 2.75) is 43.7 Å². The SMILES string of the molecule is COC(=O)c1cc(C2CC2)c2c(C=Nc3ccc4c(c3)CCN4CCN3C[C@H]4C[C@@H]3CO4)c(O)[nH]c2c1. The number of nitrogens with one attached hydrogen (secondary N) is 1. The van der Waals surface area contributed by atoms with Crippen molar-refractivity contribution >= 4 is 34.5 Å². The number of aromatic nitrogens is 1. The molecule has 3 fully saturated rings. The molecule has 0 unspecified atom stereocenters. The maximum atomic E-state index is 12.2. The van der Waals surface area contributed by atoms with Gasteiger partial charge in [0.15, 0.2) is 5.88 Å². The molecule has 4 aliphatic rings. The average Bonchev–Trinajstić information content (AvgIpc) is 3.21. The minimum atomic E-state index is -0.373. The first kappa shape index (κ1) is 22.8. The summed E-state index contributed by atoms with van der Waals surface area (Å²) in [5, 5.41) is 11.7. The van der Waals surface area contributed by atoms with E-state index in [1.54, 1.807) is 12.3 Å². The van der Waals surface area contributed by atoms with Gasteiger partial charge in [-0.25, -0.2) is 4.79 Å². The van der Waals surface area contributed by atoms with E-state index in [9.17, 15) is 9.90 Å². The normalized spacial score (nSPS) is 23.0. The predicted molar refractivity (Wildman–Crippen MR) is 143 cm³/mol. The maximum absolute atomic E-state index is 12.2. The second kappa shape index (κ2) is 8.89. The van der Waals surface area contributed by atoms with Crippen LogP contribution in [0.25, 0.3) is 10.9 Å². The average molecular weight is 501 g/mol. The lowest BCUT2D eigenvalue weighted by atomic mass is 9.99. The lowest BCUT2D eigenvalue weighted by Crippen LogP contribution is -2.41. The van der Waals surface area contributed by atoms with E-state index in [1.165, 1.54) is 24.8 Å². The van der Waals surface area contributed by atoms with Crippen LogP contribution in [0, 0.1) is 0 Å². The summed E-state index contributed by atoms with van der Waals surface area (Å²) in [7, 11) is 1.38. The summed E-state index contributed by atoms with van der Waals surface area (Å²) in [6.45, 7) is 5.14. The Morgan fingerprint density at radius 2 is 2.16 bits per heavy atom. The van der Waals surface area contributed by atoms with E-state index in [0.29, 0.717) is 29.2 Å². The maximum Gasteiger partial charge on any atom is 0.337 e. The predicted octanol–water partition coefficient (Wildman–Crippen LogP) is 4.12. The second-order valence-corrected chi connectivity index (χ2v) is 10.8. The number of aromatic amines is 1. The Kier molecular flexibility index (Phi) is 5.48. The molecule has 4 heterocycles. The first-order valence-corrected chi connectivity index (χ1v) is 13.3. The smallest absolute Gasteiger partial charge is 0.337 e. The highest BCUT2D eigenvalue weighted by Gasteiger charge is 2.38. The Bertz CT molecular complexity index is 1410. The van der Waals surface area contributed by atoms with Gasteiger partial charge in [0.05, 0.1) is 42.2 Å². The van der Waals surface area contributed by atoms with Crippen LogP contribution in [0.5, 0.6) is 5.88 Å². The number of carbonyl (C=O) groups excluding carboxylic acids is 1. The molecule has 2 N–H and O–H groups in total. The Morgan fingerprint density at radius 1 is 1.27 bits per heavy atom. The number of aliphatic imine (C=N–C) groups is 1. The molecule has 1 aliphatic carbocycles. The minimum Gasteiger partial charge on any atom is -0.494 e. The summed E-state index contributed by atoms with van der Waals surface area (Å²) in [4.78, 5) is 25.0. The van der Waals surface area contributed by atoms with Crippen LogP contribution in [-0.2, 0) is 15.9 Å². The molecular weight excluding hydrogens is 468 g/mol. The van der Waals surface area contributed by atoms with E-state index in [1.807, 2.05) is 6.07 Å². The summed E-state index contributed by atoms with van der Waals surface area (Å²) in [6.07, 6.45) is 6.57. The van der Waals surface area contributed by atoms with Crippen molar-refractivity contribution < 1.29 is 19.4 Å². The first-order valence-electron chi connectivity index (χ1n) is 13.3. The van der Waals surface area contributed by atoms with Crippen molar-refractivity contribution in [1.29, 1.82) is 0 Å². The van der Waals surface area contributed by atoms with Gasteiger partial charge in [-0.1, -0.05) is 0 Å². The van der Waals surface area contributed by atoms with E-state index < -0.39 is 0 Å².